The molecule has 15 heavy (non-hydrogen) atoms. The van der Waals surface area contributed by atoms with Crippen molar-refractivity contribution in [1.82, 2.24) is 4.90 Å². The third-order valence-electron chi connectivity index (χ3n) is 3.31. The van der Waals surface area contributed by atoms with Gasteiger partial charge in [-0.1, -0.05) is 12.2 Å². The van der Waals surface area contributed by atoms with Gasteiger partial charge in [-0.05, 0) is 25.7 Å². The molecule has 1 saturated heterocycles. The van der Waals surface area contributed by atoms with Crippen LogP contribution in [0.15, 0.2) is 0 Å². The third-order valence-corrected chi connectivity index (χ3v) is 3.71. The van der Waals surface area contributed by atoms with Crippen molar-refractivity contribution in [2.45, 2.75) is 31.8 Å². The lowest BCUT2D eigenvalue weighted by molar-refractivity contribution is -0.137. The van der Waals surface area contributed by atoms with E-state index in [-0.39, 0.29) is 12.0 Å². The number of nitrogens with zero attached hydrogens (tertiary/aromatic N) is 1. The smallest absolute Gasteiger partial charge is 0.235 e. The standard InChI is InChI=1S/C10H16N2O2S/c11-8(15)10(3-4-10)9(14)12-5-1-2-7(13)6-12/h7,13H,1-6H2,(H2,11,15). The van der Waals surface area contributed by atoms with Crippen molar-refractivity contribution in [3.8, 4) is 0 Å². The molecule has 1 aliphatic heterocycles. The van der Waals surface area contributed by atoms with E-state index < -0.39 is 5.41 Å². The zero-order chi connectivity index (χ0) is 11.1. The van der Waals surface area contributed by atoms with Crippen LogP contribution < -0.4 is 5.73 Å². The number of hydrogen-bond donors (Lipinski definition) is 2. The highest BCUT2D eigenvalue weighted by Gasteiger charge is 2.54. The zero-order valence-corrected chi connectivity index (χ0v) is 9.42. The van der Waals surface area contributed by atoms with Crippen molar-refractivity contribution in [2.24, 2.45) is 11.1 Å². The van der Waals surface area contributed by atoms with Gasteiger partial charge in [0.15, 0.2) is 0 Å². The number of carbonyl (C=O) groups is 1. The number of hydrogen-bond acceptors (Lipinski definition) is 3. The van der Waals surface area contributed by atoms with Crippen LogP contribution in [0.25, 0.3) is 0 Å². The summed E-state index contributed by atoms with van der Waals surface area (Å²) in [6.07, 6.45) is 2.80. The van der Waals surface area contributed by atoms with E-state index in [0.29, 0.717) is 11.5 Å². The van der Waals surface area contributed by atoms with E-state index in [4.69, 9.17) is 18.0 Å². The van der Waals surface area contributed by atoms with Gasteiger partial charge in [0.1, 0.15) is 0 Å². The second-order valence-electron chi connectivity index (χ2n) is 4.49. The SMILES string of the molecule is NC(=S)C1(C(=O)N2CCCC(O)C2)CC1. The van der Waals surface area contributed by atoms with E-state index in [1.807, 2.05) is 0 Å². The molecule has 2 aliphatic rings. The van der Waals surface area contributed by atoms with E-state index in [9.17, 15) is 9.90 Å². The van der Waals surface area contributed by atoms with E-state index in [1.54, 1.807) is 4.90 Å². The third kappa shape index (κ3) is 1.86. The summed E-state index contributed by atoms with van der Waals surface area (Å²) in [5.41, 5.74) is 5.03. The van der Waals surface area contributed by atoms with Crippen molar-refractivity contribution in [3.63, 3.8) is 0 Å². The summed E-state index contributed by atoms with van der Waals surface area (Å²) in [5, 5.41) is 9.50. The lowest BCUT2D eigenvalue weighted by Gasteiger charge is -2.32. The van der Waals surface area contributed by atoms with Gasteiger partial charge in [0.2, 0.25) is 5.91 Å². The van der Waals surface area contributed by atoms with Gasteiger partial charge in [-0.15, -0.1) is 0 Å². The Bertz CT molecular complexity index is 302. The molecule has 3 N–H and O–H groups in total. The second kappa shape index (κ2) is 3.72. The molecule has 1 unspecified atom stereocenters. The topological polar surface area (TPSA) is 66.6 Å². The Morgan fingerprint density at radius 1 is 1.53 bits per heavy atom. The Morgan fingerprint density at radius 3 is 2.67 bits per heavy atom. The van der Waals surface area contributed by atoms with Crippen molar-refractivity contribution in [2.75, 3.05) is 13.1 Å². The molecular weight excluding hydrogens is 212 g/mol. The summed E-state index contributed by atoms with van der Waals surface area (Å²) in [5.74, 6) is 0.0220. The fraction of sp³-hybridized carbons (Fsp3) is 0.800. The first-order chi connectivity index (χ1) is 7.06. The molecule has 2 rings (SSSR count). The van der Waals surface area contributed by atoms with E-state index in [1.165, 1.54) is 0 Å². The number of aliphatic hydroxyl groups is 1. The van der Waals surface area contributed by atoms with Gasteiger partial charge < -0.3 is 15.7 Å². The van der Waals surface area contributed by atoms with Gasteiger partial charge in [-0.3, -0.25) is 4.79 Å². The molecule has 5 heteroatoms. The predicted octanol–water partition coefficient (Wildman–Crippen LogP) is 0.0360. The number of carbonyl (C=O) groups excluding carboxylic acids is 1. The van der Waals surface area contributed by atoms with E-state index >= 15 is 0 Å². The molecular formula is C10H16N2O2S. The van der Waals surface area contributed by atoms with E-state index in [0.717, 1.165) is 32.2 Å². The minimum absolute atomic E-state index is 0.0220. The van der Waals surface area contributed by atoms with Crippen LogP contribution in [0, 0.1) is 5.41 Å². The maximum atomic E-state index is 12.1. The average Bonchev–Trinajstić information content (AvgIpc) is 2.97. The molecule has 84 valence electrons. The van der Waals surface area contributed by atoms with Gasteiger partial charge in [0.05, 0.1) is 16.5 Å². The molecule has 4 nitrogen and oxygen atoms in total. The number of β-amino-alcohol motifs (C(OH)–C–C–N with tert-alkyl or cyclic N) is 1. The molecule has 1 amide bonds. The number of piperidine rings is 1. The quantitative estimate of drug-likeness (QED) is 0.655. The minimum atomic E-state index is -0.563. The highest BCUT2D eigenvalue weighted by molar-refractivity contribution is 7.80. The lowest BCUT2D eigenvalue weighted by atomic mass is 10.0. The summed E-state index contributed by atoms with van der Waals surface area (Å²) < 4.78 is 0. The maximum Gasteiger partial charge on any atom is 0.235 e. The molecule has 0 spiro atoms. The number of amides is 1. The van der Waals surface area contributed by atoms with Gasteiger partial charge in [-0.25, -0.2) is 0 Å². The molecule has 0 aromatic heterocycles. The molecule has 1 saturated carbocycles. The first-order valence-corrected chi connectivity index (χ1v) is 5.74. The lowest BCUT2D eigenvalue weighted by Crippen LogP contribution is -2.48. The number of likely N-dealkylation sites (tertiary alicyclic amines) is 1. The molecule has 0 aromatic carbocycles. The number of nitrogens with two attached hydrogens (primary N) is 1. The van der Waals surface area contributed by atoms with Gasteiger partial charge in [-0.2, -0.15) is 0 Å². The Labute approximate surface area is 94.4 Å². The normalized spacial score (nSPS) is 28.6. The van der Waals surface area contributed by atoms with Crippen molar-refractivity contribution < 1.29 is 9.90 Å². The summed E-state index contributed by atoms with van der Waals surface area (Å²) in [7, 11) is 0. The van der Waals surface area contributed by atoms with Crippen LogP contribution >= 0.6 is 12.2 Å². The summed E-state index contributed by atoms with van der Waals surface area (Å²) in [4.78, 5) is 14.1. The zero-order valence-electron chi connectivity index (χ0n) is 8.61. The van der Waals surface area contributed by atoms with Crippen LogP contribution in [0.3, 0.4) is 0 Å². The monoisotopic (exact) mass is 228 g/mol. The van der Waals surface area contributed by atoms with Crippen LogP contribution in [-0.4, -0.2) is 40.1 Å². The van der Waals surface area contributed by atoms with E-state index in [2.05, 4.69) is 0 Å². The Kier molecular flexibility index (Phi) is 2.68. The minimum Gasteiger partial charge on any atom is -0.392 e. The number of rotatable bonds is 2. The highest BCUT2D eigenvalue weighted by Crippen LogP contribution is 2.47. The van der Waals surface area contributed by atoms with Gasteiger partial charge in [0, 0.05) is 13.1 Å². The van der Waals surface area contributed by atoms with Gasteiger partial charge >= 0.3 is 0 Å². The van der Waals surface area contributed by atoms with Crippen molar-refractivity contribution >= 4 is 23.1 Å². The average molecular weight is 228 g/mol. The fourth-order valence-electron chi connectivity index (χ4n) is 2.13. The highest BCUT2D eigenvalue weighted by atomic mass is 32.1. The molecule has 1 heterocycles. The molecule has 1 aliphatic carbocycles. The van der Waals surface area contributed by atoms with Gasteiger partial charge in [0.25, 0.3) is 0 Å². The molecule has 2 fully saturated rings. The molecule has 0 radical (unpaired) electrons. The van der Waals surface area contributed by atoms with Crippen LogP contribution in [0.2, 0.25) is 0 Å². The first kappa shape index (κ1) is 10.8. The first-order valence-electron chi connectivity index (χ1n) is 5.33. The van der Waals surface area contributed by atoms with Crippen LogP contribution in [0.1, 0.15) is 25.7 Å². The fourth-order valence-corrected chi connectivity index (χ4v) is 2.42. The summed E-state index contributed by atoms with van der Waals surface area (Å²) in [6, 6.07) is 0. The summed E-state index contributed by atoms with van der Waals surface area (Å²) >= 11 is 4.94. The summed E-state index contributed by atoms with van der Waals surface area (Å²) in [6.45, 7) is 1.16. The Balaban J connectivity index is 2.04. The maximum absolute atomic E-state index is 12.1. The largest absolute Gasteiger partial charge is 0.392 e. The van der Waals surface area contributed by atoms with Crippen LogP contribution in [-0.2, 0) is 4.79 Å². The van der Waals surface area contributed by atoms with Crippen molar-refractivity contribution in [3.05, 3.63) is 0 Å². The van der Waals surface area contributed by atoms with Crippen molar-refractivity contribution in [1.29, 1.82) is 0 Å². The van der Waals surface area contributed by atoms with Crippen LogP contribution in [0.4, 0.5) is 0 Å². The second-order valence-corrected chi connectivity index (χ2v) is 4.93. The predicted molar refractivity (Wildman–Crippen MR) is 60.3 cm³/mol. The number of thiocarbonyl (C=S) groups is 1. The Hall–Kier alpha value is -0.680. The molecule has 0 bridgehead atoms. The number of aliphatic hydroxyl groups excluding tert-OH is 1. The Morgan fingerprint density at radius 2 is 2.20 bits per heavy atom. The molecule has 1 atom stereocenters. The molecule has 0 aromatic rings. The van der Waals surface area contributed by atoms with Crippen LogP contribution in [0.5, 0.6) is 0 Å².